The molecule has 1 aromatic rings. The van der Waals surface area contributed by atoms with Crippen LogP contribution in [0.15, 0.2) is 6.33 Å². The molecule has 1 aromatic heterocycles. The third-order valence-corrected chi connectivity index (χ3v) is 4.17. The van der Waals surface area contributed by atoms with E-state index in [1.165, 1.54) is 0 Å². The molecule has 1 unspecified atom stereocenters. The highest BCUT2D eigenvalue weighted by Gasteiger charge is 2.30. The molecule has 116 valence electrons. The van der Waals surface area contributed by atoms with Crippen LogP contribution >= 0.6 is 0 Å². The first-order valence-electron chi connectivity index (χ1n) is 7.85. The van der Waals surface area contributed by atoms with E-state index in [-0.39, 0.29) is 5.41 Å². The first-order valence-corrected chi connectivity index (χ1v) is 7.85. The molecule has 0 aliphatic carbocycles. The van der Waals surface area contributed by atoms with Gasteiger partial charge in [0.25, 0.3) is 0 Å². The summed E-state index contributed by atoms with van der Waals surface area (Å²) in [6.07, 6.45) is 2.64. The Morgan fingerprint density at radius 2 is 1.85 bits per heavy atom. The first-order chi connectivity index (χ1) is 9.26. The molecule has 1 N–H and O–H groups in total. The fourth-order valence-corrected chi connectivity index (χ4v) is 2.31. The van der Waals surface area contributed by atoms with Crippen molar-refractivity contribution in [2.75, 3.05) is 13.1 Å². The zero-order chi connectivity index (χ0) is 15.3. The summed E-state index contributed by atoms with van der Waals surface area (Å²) in [4.78, 5) is 4.47. The number of aromatic nitrogens is 3. The van der Waals surface area contributed by atoms with Gasteiger partial charge in [-0.25, -0.2) is 9.67 Å². The molecule has 0 saturated heterocycles. The van der Waals surface area contributed by atoms with E-state index >= 15 is 0 Å². The van der Waals surface area contributed by atoms with Crippen molar-refractivity contribution < 1.29 is 0 Å². The summed E-state index contributed by atoms with van der Waals surface area (Å²) < 4.78 is 2.04. The van der Waals surface area contributed by atoms with E-state index in [9.17, 15) is 0 Å². The molecular weight excluding hydrogens is 248 g/mol. The second-order valence-corrected chi connectivity index (χ2v) is 7.22. The van der Waals surface area contributed by atoms with Crippen molar-refractivity contribution in [1.82, 2.24) is 20.1 Å². The number of nitrogens with one attached hydrogen (secondary N) is 1. The van der Waals surface area contributed by atoms with Gasteiger partial charge in [-0.2, -0.15) is 5.10 Å². The third-order valence-electron chi connectivity index (χ3n) is 4.17. The van der Waals surface area contributed by atoms with Crippen LogP contribution in [0.2, 0.25) is 0 Å². The van der Waals surface area contributed by atoms with Crippen LogP contribution in [0.25, 0.3) is 0 Å². The normalized spacial score (nSPS) is 15.3. The van der Waals surface area contributed by atoms with Gasteiger partial charge in [0.1, 0.15) is 12.2 Å². The lowest BCUT2D eigenvalue weighted by Crippen LogP contribution is -2.40. The minimum absolute atomic E-state index is 0.203. The van der Waals surface area contributed by atoms with Crippen LogP contribution < -0.4 is 5.32 Å². The Morgan fingerprint density at radius 3 is 2.35 bits per heavy atom. The molecule has 0 aromatic carbocycles. The van der Waals surface area contributed by atoms with Gasteiger partial charge in [-0.3, -0.25) is 0 Å². The van der Waals surface area contributed by atoms with E-state index < -0.39 is 0 Å². The molecule has 1 heterocycles. The summed E-state index contributed by atoms with van der Waals surface area (Å²) in [5.74, 6) is 2.38. The van der Waals surface area contributed by atoms with Crippen LogP contribution in [0, 0.1) is 17.3 Å². The molecule has 0 radical (unpaired) electrons. The number of rotatable bonds is 8. The molecule has 1 rings (SSSR count). The topological polar surface area (TPSA) is 42.7 Å². The van der Waals surface area contributed by atoms with Gasteiger partial charge in [-0.05, 0) is 37.6 Å². The average molecular weight is 280 g/mol. The second kappa shape index (κ2) is 7.21. The van der Waals surface area contributed by atoms with Crippen molar-refractivity contribution in [3.63, 3.8) is 0 Å². The molecule has 0 amide bonds. The molecule has 20 heavy (non-hydrogen) atoms. The summed E-state index contributed by atoms with van der Waals surface area (Å²) in [7, 11) is 0. The van der Waals surface area contributed by atoms with E-state index in [4.69, 9.17) is 0 Å². The fraction of sp³-hybridized carbons (Fsp3) is 0.875. The van der Waals surface area contributed by atoms with E-state index in [1.807, 2.05) is 4.68 Å². The maximum atomic E-state index is 4.47. The average Bonchev–Trinajstić information content (AvgIpc) is 2.76. The van der Waals surface area contributed by atoms with Crippen molar-refractivity contribution in [3.05, 3.63) is 12.2 Å². The maximum absolute atomic E-state index is 4.47. The maximum Gasteiger partial charge on any atom is 0.138 e. The molecule has 4 nitrogen and oxygen atoms in total. The largest absolute Gasteiger partial charge is 0.316 e. The van der Waals surface area contributed by atoms with Crippen molar-refractivity contribution in [2.45, 2.75) is 60.9 Å². The third kappa shape index (κ3) is 4.58. The first kappa shape index (κ1) is 17.2. The van der Waals surface area contributed by atoms with Gasteiger partial charge >= 0.3 is 0 Å². The predicted molar refractivity (Wildman–Crippen MR) is 84.8 cm³/mol. The smallest absolute Gasteiger partial charge is 0.138 e. The van der Waals surface area contributed by atoms with Gasteiger partial charge in [0, 0.05) is 19.0 Å². The van der Waals surface area contributed by atoms with Crippen LogP contribution in [-0.4, -0.2) is 27.9 Å². The summed E-state index contributed by atoms with van der Waals surface area (Å²) >= 11 is 0. The van der Waals surface area contributed by atoms with Crippen molar-refractivity contribution in [1.29, 1.82) is 0 Å². The zero-order valence-corrected chi connectivity index (χ0v) is 14.3. The number of nitrogens with zero attached hydrogens (tertiary/aromatic N) is 3. The second-order valence-electron chi connectivity index (χ2n) is 7.22. The highest BCUT2D eigenvalue weighted by Crippen LogP contribution is 2.30. The van der Waals surface area contributed by atoms with Gasteiger partial charge in [0.2, 0.25) is 0 Å². The van der Waals surface area contributed by atoms with Crippen LogP contribution in [0.4, 0.5) is 0 Å². The number of hydrogen-bond donors (Lipinski definition) is 1. The van der Waals surface area contributed by atoms with Crippen LogP contribution in [-0.2, 0) is 6.42 Å². The van der Waals surface area contributed by atoms with Gasteiger partial charge in [0.05, 0.1) is 0 Å². The molecule has 4 heteroatoms. The standard InChI is InChI=1S/C16H32N4/c1-12(2)9-17-10-16(7,13(3)4)8-15-18-11-19-20(15)14(5)6/h11-14,17H,8-10H2,1-7H3. The molecule has 0 saturated carbocycles. The fourth-order valence-electron chi connectivity index (χ4n) is 2.31. The van der Waals surface area contributed by atoms with E-state index in [2.05, 4.69) is 63.9 Å². The Morgan fingerprint density at radius 1 is 1.20 bits per heavy atom. The molecule has 0 aliphatic rings. The molecule has 0 spiro atoms. The minimum atomic E-state index is 0.203. The lowest BCUT2D eigenvalue weighted by molar-refractivity contribution is 0.197. The molecule has 0 fully saturated rings. The lowest BCUT2D eigenvalue weighted by atomic mass is 9.76. The number of hydrogen-bond acceptors (Lipinski definition) is 3. The summed E-state index contributed by atoms with van der Waals surface area (Å²) in [6.45, 7) is 17.8. The SMILES string of the molecule is CC(C)CNCC(C)(Cc1ncnn1C(C)C)C(C)C. The zero-order valence-electron chi connectivity index (χ0n) is 14.3. The predicted octanol–water partition coefficient (Wildman–Crippen LogP) is 3.31. The monoisotopic (exact) mass is 280 g/mol. The Bertz CT molecular complexity index is 395. The summed E-state index contributed by atoms with van der Waals surface area (Å²) in [6, 6.07) is 0.368. The van der Waals surface area contributed by atoms with E-state index in [0.29, 0.717) is 17.9 Å². The highest BCUT2D eigenvalue weighted by molar-refractivity contribution is 4.96. The summed E-state index contributed by atoms with van der Waals surface area (Å²) in [5.41, 5.74) is 0.203. The Labute approximate surface area is 124 Å². The summed E-state index contributed by atoms with van der Waals surface area (Å²) in [5, 5.41) is 7.96. The van der Waals surface area contributed by atoms with Crippen LogP contribution in [0.1, 0.15) is 60.3 Å². The molecule has 0 aliphatic heterocycles. The quantitative estimate of drug-likeness (QED) is 0.794. The Balaban J connectivity index is 2.77. The van der Waals surface area contributed by atoms with Crippen LogP contribution in [0.3, 0.4) is 0 Å². The van der Waals surface area contributed by atoms with Crippen molar-refractivity contribution in [3.8, 4) is 0 Å². The van der Waals surface area contributed by atoms with Gasteiger partial charge in [-0.1, -0.05) is 34.6 Å². The highest BCUT2D eigenvalue weighted by atomic mass is 15.3. The van der Waals surface area contributed by atoms with Crippen molar-refractivity contribution >= 4 is 0 Å². The molecule has 0 bridgehead atoms. The Kier molecular flexibility index (Phi) is 6.18. The minimum Gasteiger partial charge on any atom is -0.316 e. The van der Waals surface area contributed by atoms with Crippen LogP contribution in [0.5, 0.6) is 0 Å². The van der Waals surface area contributed by atoms with E-state index in [1.54, 1.807) is 6.33 Å². The van der Waals surface area contributed by atoms with Gasteiger partial charge < -0.3 is 5.32 Å². The molecule has 1 atom stereocenters. The van der Waals surface area contributed by atoms with Gasteiger partial charge in [-0.15, -0.1) is 0 Å². The molecular formula is C16H32N4. The lowest BCUT2D eigenvalue weighted by Gasteiger charge is -2.34. The Hall–Kier alpha value is -0.900. The van der Waals surface area contributed by atoms with Gasteiger partial charge in [0.15, 0.2) is 0 Å². The van der Waals surface area contributed by atoms with E-state index in [0.717, 1.165) is 25.3 Å². The van der Waals surface area contributed by atoms with Crippen molar-refractivity contribution in [2.24, 2.45) is 17.3 Å².